The molecule has 3 rings (SSSR count). The molecule has 0 aliphatic heterocycles. The van der Waals surface area contributed by atoms with Gasteiger partial charge in [0.05, 0.1) is 31.1 Å². The molecular weight excluding hydrogens is 557 g/mol. The fraction of sp³-hybridized carbons (Fsp3) is 0.407. The van der Waals surface area contributed by atoms with E-state index < -0.39 is 29.4 Å². The van der Waals surface area contributed by atoms with Gasteiger partial charge in [-0.15, -0.1) is 0 Å². The van der Waals surface area contributed by atoms with Gasteiger partial charge in [0.2, 0.25) is 11.8 Å². The molecule has 0 saturated carbocycles. The predicted molar refractivity (Wildman–Crippen MR) is 152 cm³/mol. The number of rotatable bonds is 11. The summed E-state index contributed by atoms with van der Waals surface area (Å²) in [5.41, 5.74) is 0.469. The summed E-state index contributed by atoms with van der Waals surface area (Å²) in [6.45, 7) is 3.90. The van der Waals surface area contributed by atoms with Crippen LogP contribution < -0.4 is 16.2 Å². The molecule has 3 N–H and O–H groups in total. The Morgan fingerprint density at radius 1 is 1.27 bits per heavy atom. The molecule has 0 aromatic carbocycles. The fourth-order valence-corrected chi connectivity index (χ4v) is 4.11. The van der Waals surface area contributed by atoms with E-state index in [1.54, 1.807) is 20.2 Å². The van der Waals surface area contributed by atoms with E-state index in [4.69, 9.17) is 11.6 Å². The van der Waals surface area contributed by atoms with Gasteiger partial charge in [0.1, 0.15) is 28.2 Å². The molecule has 0 radical (unpaired) electrons. The van der Waals surface area contributed by atoms with Crippen LogP contribution >= 0.6 is 11.6 Å². The largest absolute Gasteiger partial charge is 0.453 e. The number of anilines is 1. The van der Waals surface area contributed by atoms with Crippen LogP contribution in [0.2, 0.25) is 5.15 Å². The molecule has 3 aromatic rings. The number of ether oxygens (including phenoxy) is 1. The van der Waals surface area contributed by atoms with Crippen LogP contribution in [0.4, 0.5) is 14.9 Å². The number of pyridine rings is 2. The van der Waals surface area contributed by atoms with Gasteiger partial charge in [-0.25, -0.2) is 14.2 Å². The molecule has 0 spiro atoms. The van der Waals surface area contributed by atoms with E-state index in [2.05, 4.69) is 30.3 Å². The first-order chi connectivity index (χ1) is 19.4. The van der Waals surface area contributed by atoms with Crippen molar-refractivity contribution in [1.29, 1.82) is 0 Å². The number of allylic oxidation sites excluding steroid dienone is 1. The van der Waals surface area contributed by atoms with Gasteiger partial charge in [-0.1, -0.05) is 31.5 Å². The summed E-state index contributed by atoms with van der Waals surface area (Å²) in [6.07, 6.45) is 4.22. The molecule has 220 valence electrons. The molecule has 0 aliphatic carbocycles. The van der Waals surface area contributed by atoms with E-state index >= 15 is 0 Å². The third-order valence-electron chi connectivity index (χ3n) is 6.01. The summed E-state index contributed by atoms with van der Waals surface area (Å²) in [4.78, 5) is 62.9. The molecular formula is C27H33ClFN7O5. The van der Waals surface area contributed by atoms with Crippen molar-refractivity contribution in [2.75, 3.05) is 26.5 Å². The van der Waals surface area contributed by atoms with Crippen molar-refractivity contribution in [1.82, 2.24) is 29.7 Å². The van der Waals surface area contributed by atoms with Crippen LogP contribution in [-0.4, -0.2) is 69.6 Å². The molecule has 1 atom stereocenters. The van der Waals surface area contributed by atoms with Crippen LogP contribution in [0.25, 0.3) is 11.0 Å². The number of amides is 3. The summed E-state index contributed by atoms with van der Waals surface area (Å²) < 4.78 is 20.2. The Kier molecular flexibility index (Phi) is 10.6. The average molecular weight is 590 g/mol. The minimum Gasteiger partial charge on any atom is -0.453 e. The first-order valence-corrected chi connectivity index (χ1v) is 13.2. The number of aromatic amines is 1. The zero-order valence-corrected chi connectivity index (χ0v) is 24.2. The number of carbonyl (C=O) groups excluding carboxylic acids is 3. The lowest BCUT2D eigenvalue weighted by Crippen LogP contribution is -2.44. The number of imidazole rings is 1. The Bertz CT molecular complexity index is 1520. The summed E-state index contributed by atoms with van der Waals surface area (Å²) in [5.74, 6) is -0.959. The second kappa shape index (κ2) is 13.9. The lowest BCUT2D eigenvalue weighted by atomic mass is 10.1. The quantitative estimate of drug-likeness (QED) is 0.229. The van der Waals surface area contributed by atoms with Gasteiger partial charge in [-0.05, 0) is 43.4 Å². The first kappa shape index (κ1) is 31.3. The monoisotopic (exact) mass is 589 g/mol. The van der Waals surface area contributed by atoms with Crippen LogP contribution in [0.3, 0.4) is 0 Å². The van der Waals surface area contributed by atoms with Crippen molar-refractivity contribution >= 4 is 46.2 Å². The van der Waals surface area contributed by atoms with E-state index in [1.165, 1.54) is 27.7 Å². The molecule has 0 saturated heterocycles. The third-order valence-corrected chi connectivity index (χ3v) is 6.34. The maximum absolute atomic E-state index is 14.5. The smallest absolute Gasteiger partial charge is 0.407 e. The minimum absolute atomic E-state index is 0.0642. The van der Waals surface area contributed by atoms with E-state index in [0.717, 1.165) is 13.3 Å². The molecule has 14 heteroatoms. The molecule has 3 heterocycles. The van der Waals surface area contributed by atoms with Gasteiger partial charge < -0.3 is 25.3 Å². The zero-order valence-electron chi connectivity index (χ0n) is 23.5. The third kappa shape index (κ3) is 8.13. The Balaban J connectivity index is 1.83. The number of hydrogen-bond acceptors (Lipinski definition) is 7. The molecule has 3 amide bonds. The number of nitrogens with zero attached hydrogens (tertiary/aromatic N) is 4. The Morgan fingerprint density at radius 2 is 2.00 bits per heavy atom. The van der Waals surface area contributed by atoms with Gasteiger partial charge in [0.25, 0.3) is 5.56 Å². The Hall–Kier alpha value is -4.26. The van der Waals surface area contributed by atoms with Crippen molar-refractivity contribution < 1.29 is 23.5 Å². The van der Waals surface area contributed by atoms with E-state index in [0.29, 0.717) is 17.6 Å². The highest BCUT2D eigenvalue weighted by Gasteiger charge is 2.23. The maximum Gasteiger partial charge on any atom is 0.407 e. The summed E-state index contributed by atoms with van der Waals surface area (Å²) in [7, 11) is 4.37. The second-order valence-corrected chi connectivity index (χ2v) is 10.3. The van der Waals surface area contributed by atoms with E-state index in [1.807, 2.05) is 13.8 Å². The number of carbonyl (C=O) groups is 3. The van der Waals surface area contributed by atoms with Crippen molar-refractivity contribution in [2.45, 2.75) is 45.7 Å². The van der Waals surface area contributed by atoms with Crippen LogP contribution in [0.15, 0.2) is 35.3 Å². The highest BCUT2D eigenvalue weighted by Crippen LogP contribution is 2.21. The van der Waals surface area contributed by atoms with Gasteiger partial charge in [0, 0.05) is 14.1 Å². The van der Waals surface area contributed by atoms with Gasteiger partial charge >= 0.3 is 6.09 Å². The van der Waals surface area contributed by atoms with Crippen LogP contribution in [0.1, 0.15) is 38.2 Å². The maximum atomic E-state index is 14.5. The summed E-state index contributed by atoms with van der Waals surface area (Å²) >= 11 is 6.31. The molecule has 0 bridgehead atoms. The topological polar surface area (TPSA) is 151 Å². The molecule has 3 aromatic heterocycles. The number of methoxy groups -OCH3 is 1. The van der Waals surface area contributed by atoms with E-state index in [9.17, 15) is 23.6 Å². The van der Waals surface area contributed by atoms with Crippen LogP contribution in [0.5, 0.6) is 0 Å². The molecule has 12 nitrogen and oxygen atoms in total. The highest BCUT2D eigenvalue weighted by atomic mass is 35.5. The number of hydrogen-bond donors (Lipinski definition) is 3. The number of H-pyrrole nitrogens is 1. The molecule has 41 heavy (non-hydrogen) atoms. The minimum atomic E-state index is -1.07. The molecule has 0 fully saturated rings. The van der Waals surface area contributed by atoms with Crippen molar-refractivity contribution in [3.05, 3.63) is 63.3 Å². The number of halogens is 2. The zero-order chi connectivity index (χ0) is 30.3. The van der Waals surface area contributed by atoms with Crippen molar-refractivity contribution in [2.24, 2.45) is 5.92 Å². The van der Waals surface area contributed by atoms with Crippen LogP contribution in [-0.2, 0) is 27.3 Å². The number of nitrogens with one attached hydrogen (secondary N) is 3. The lowest BCUT2D eigenvalue weighted by Gasteiger charge is -2.17. The van der Waals surface area contributed by atoms with Gasteiger partial charge in [0.15, 0.2) is 5.82 Å². The lowest BCUT2D eigenvalue weighted by molar-refractivity contribution is -0.123. The van der Waals surface area contributed by atoms with Crippen LogP contribution in [0, 0.1) is 11.7 Å². The number of fused-ring (bicyclic) bond motifs is 1. The Morgan fingerprint density at radius 3 is 2.66 bits per heavy atom. The highest BCUT2D eigenvalue weighted by molar-refractivity contribution is 6.29. The predicted octanol–water partition coefficient (Wildman–Crippen LogP) is 3.25. The van der Waals surface area contributed by atoms with Crippen molar-refractivity contribution in [3.8, 4) is 0 Å². The number of aromatic nitrogens is 4. The number of likely N-dealkylation sites (N-methyl/N-ethyl adjacent to an activating group) is 1. The molecule has 1 unspecified atom stereocenters. The van der Waals surface area contributed by atoms with Crippen molar-refractivity contribution in [3.63, 3.8) is 0 Å². The van der Waals surface area contributed by atoms with Gasteiger partial charge in [-0.2, -0.15) is 0 Å². The number of alkyl carbamates (subject to hydrolysis) is 1. The molecule has 0 aliphatic rings. The Labute approximate surface area is 240 Å². The average Bonchev–Trinajstić information content (AvgIpc) is 3.36. The first-order valence-electron chi connectivity index (χ1n) is 12.9. The van der Waals surface area contributed by atoms with E-state index in [-0.39, 0.29) is 53.4 Å². The second-order valence-electron chi connectivity index (χ2n) is 9.91. The SMILES string of the molecule is COC(=O)NC(CCC=CC(=O)N(C)C)C(=O)Nc1ccc(Cl)n(Cc2nc3c(F)cnc(CC(C)C)c3[nH]2)c1=O. The summed E-state index contributed by atoms with van der Waals surface area (Å²) in [5, 5.41) is 5.02. The fourth-order valence-electron chi connectivity index (χ4n) is 3.91. The standard InChI is InChI=1S/C27H33ClFN7O5/c1-15(2)12-19-24-23(16(29)13-30-19)33-21(34-24)14-36-20(28)11-10-18(26(36)39)31-25(38)17(32-27(40)41-5)8-6-7-9-22(37)35(3)4/h7,9-11,13,15,17H,6,8,12,14H2,1-5H3,(H,31,38)(H,32,40)(H,33,34). The van der Waals surface area contributed by atoms with Gasteiger partial charge in [-0.3, -0.25) is 23.9 Å². The summed E-state index contributed by atoms with van der Waals surface area (Å²) in [6, 6.07) is 1.69. The normalized spacial score (nSPS) is 12.1.